The van der Waals surface area contributed by atoms with Crippen molar-refractivity contribution < 1.29 is 0 Å². The summed E-state index contributed by atoms with van der Waals surface area (Å²) in [5, 5.41) is 6.69. The lowest BCUT2D eigenvalue weighted by Gasteiger charge is -2.12. The van der Waals surface area contributed by atoms with Crippen LogP contribution in [0.15, 0.2) is 29.3 Å². The van der Waals surface area contributed by atoms with E-state index in [2.05, 4.69) is 64.1 Å². The van der Waals surface area contributed by atoms with Gasteiger partial charge in [0.1, 0.15) is 5.82 Å². The van der Waals surface area contributed by atoms with Gasteiger partial charge < -0.3 is 15.2 Å². The van der Waals surface area contributed by atoms with Crippen LogP contribution in [-0.2, 0) is 6.54 Å². The largest absolute Gasteiger partial charge is 0.357 e. The molecule has 0 aliphatic rings. The zero-order chi connectivity index (χ0) is 15.8. The monoisotopic (exact) mass is 301 g/mol. The van der Waals surface area contributed by atoms with Gasteiger partial charge in [-0.15, -0.1) is 0 Å². The summed E-state index contributed by atoms with van der Waals surface area (Å²) in [6.07, 6.45) is 2.30. The molecule has 5 nitrogen and oxygen atoms in total. The van der Waals surface area contributed by atoms with Crippen molar-refractivity contribution in [3.8, 4) is 0 Å². The summed E-state index contributed by atoms with van der Waals surface area (Å²) in [6.45, 7) is 9.79. The Morgan fingerprint density at radius 3 is 2.82 bits per heavy atom. The van der Waals surface area contributed by atoms with Gasteiger partial charge in [-0.2, -0.15) is 0 Å². The van der Waals surface area contributed by atoms with Crippen LogP contribution in [0.25, 0.3) is 11.0 Å². The van der Waals surface area contributed by atoms with Crippen LogP contribution < -0.4 is 10.6 Å². The van der Waals surface area contributed by atoms with Crippen LogP contribution in [0.5, 0.6) is 0 Å². The van der Waals surface area contributed by atoms with Gasteiger partial charge in [-0.1, -0.05) is 25.5 Å². The highest BCUT2D eigenvalue weighted by Gasteiger charge is 2.06. The van der Waals surface area contributed by atoms with E-state index in [1.54, 1.807) is 0 Å². The number of fused-ring (bicyclic) bond motifs is 1. The van der Waals surface area contributed by atoms with Crippen molar-refractivity contribution in [2.75, 3.05) is 19.6 Å². The molecular formula is C17H27N5. The van der Waals surface area contributed by atoms with E-state index in [0.29, 0.717) is 0 Å². The maximum Gasteiger partial charge on any atom is 0.191 e. The Labute approximate surface area is 132 Å². The van der Waals surface area contributed by atoms with Gasteiger partial charge in [-0.25, -0.2) is 4.98 Å². The number of benzene rings is 1. The summed E-state index contributed by atoms with van der Waals surface area (Å²) in [4.78, 5) is 9.17. The van der Waals surface area contributed by atoms with E-state index in [1.807, 2.05) is 6.07 Å². The first-order valence-corrected chi connectivity index (χ1v) is 8.20. The number of imidazole rings is 1. The third-order valence-corrected chi connectivity index (χ3v) is 3.60. The Hall–Kier alpha value is -2.04. The number of unbranched alkanes of at least 4 members (excludes halogenated alkanes) is 1. The number of guanidine groups is 1. The zero-order valence-electron chi connectivity index (χ0n) is 13.9. The lowest BCUT2D eigenvalue weighted by Crippen LogP contribution is -2.39. The number of hydrogen-bond acceptors (Lipinski definition) is 2. The zero-order valence-corrected chi connectivity index (χ0v) is 13.9. The molecule has 2 rings (SSSR count). The number of nitrogens with one attached hydrogen (secondary N) is 2. The molecule has 2 aromatic rings. The normalized spacial score (nSPS) is 11.9. The van der Waals surface area contributed by atoms with Crippen LogP contribution in [0.4, 0.5) is 0 Å². The van der Waals surface area contributed by atoms with Crippen LogP contribution in [0.3, 0.4) is 0 Å². The minimum atomic E-state index is 0.832. The second-order valence-electron chi connectivity index (χ2n) is 5.34. The van der Waals surface area contributed by atoms with Gasteiger partial charge in [0.15, 0.2) is 5.96 Å². The predicted molar refractivity (Wildman–Crippen MR) is 93.4 cm³/mol. The standard InChI is InChI=1S/C17H27N5/c1-4-6-11-19-17(18-5-2)20-12-13-22-14(3)21-15-9-7-8-10-16(15)22/h7-10H,4-6,11-13H2,1-3H3,(H2,18,19,20). The highest BCUT2D eigenvalue weighted by molar-refractivity contribution is 5.79. The summed E-state index contributed by atoms with van der Waals surface area (Å²) in [5.41, 5.74) is 2.25. The molecule has 1 aromatic carbocycles. The molecule has 0 amide bonds. The second kappa shape index (κ2) is 8.41. The number of aromatic nitrogens is 2. The Kier molecular flexibility index (Phi) is 6.25. The van der Waals surface area contributed by atoms with Gasteiger partial charge in [-0.05, 0) is 32.4 Å². The van der Waals surface area contributed by atoms with Crippen LogP contribution in [0, 0.1) is 6.92 Å². The molecule has 0 spiro atoms. The number of aryl methyl sites for hydroxylation is 1. The van der Waals surface area contributed by atoms with E-state index in [0.717, 1.165) is 49.9 Å². The molecule has 0 aliphatic carbocycles. The molecule has 1 aromatic heterocycles. The summed E-state index contributed by atoms with van der Waals surface area (Å²) >= 11 is 0. The lowest BCUT2D eigenvalue weighted by molar-refractivity contribution is 0.659. The van der Waals surface area contributed by atoms with Crippen molar-refractivity contribution in [2.24, 2.45) is 4.99 Å². The fourth-order valence-electron chi connectivity index (χ4n) is 2.46. The molecule has 0 fully saturated rings. The van der Waals surface area contributed by atoms with Gasteiger partial charge in [0.05, 0.1) is 11.0 Å². The maximum atomic E-state index is 4.60. The quantitative estimate of drug-likeness (QED) is 0.470. The van der Waals surface area contributed by atoms with Crippen molar-refractivity contribution in [3.05, 3.63) is 30.1 Å². The highest BCUT2D eigenvalue weighted by atomic mass is 15.2. The highest BCUT2D eigenvalue weighted by Crippen LogP contribution is 2.14. The summed E-state index contributed by atoms with van der Waals surface area (Å²) in [6, 6.07) is 8.27. The van der Waals surface area contributed by atoms with Crippen molar-refractivity contribution >= 4 is 17.0 Å². The van der Waals surface area contributed by atoms with E-state index in [1.165, 1.54) is 11.9 Å². The second-order valence-corrected chi connectivity index (χ2v) is 5.34. The Balaban J connectivity index is 1.96. The molecule has 5 heteroatoms. The molecule has 2 N–H and O–H groups in total. The Bertz CT molecular complexity index is 615. The molecule has 1 heterocycles. The van der Waals surface area contributed by atoms with Gasteiger partial charge >= 0.3 is 0 Å². The number of hydrogen-bond donors (Lipinski definition) is 2. The smallest absolute Gasteiger partial charge is 0.191 e. The fraction of sp³-hybridized carbons (Fsp3) is 0.529. The number of aliphatic imine (C=N–C) groups is 1. The molecular weight excluding hydrogens is 274 g/mol. The molecule has 22 heavy (non-hydrogen) atoms. The Morgan fingerprint density at radius 2 is 2.05 bits per heavy atom. The number of rotatable bonds is 7. The number of para-hydroxylation sites is 2. The summed E-state index contributed by atoms with van der Waals surface area (Å²) < 4.78 is 2.25. The minimum Gasteiger partial charge on any atom is -0.357 e. The van der Waals surface area contributed by atoms with Gasteiger partial charge in [-0.3, -0.25) is 4.99 Å². The van der Waals surface area contributed by atoms with E-state index in [-0.39, 0.29) is 0 Å². The Morgan fingerprint density at radius 1 is 1.23 bits per heavy atom. The first-order chi connectivity index (χ1) is 10.8. The van der Waals surface area contributed by atoms with Crippen LogP contribution in [-0.4, -0.2) is 35.1 Å². The molecule has 0 bridgehead atoms. The average Bonchev–Trinajstić information content (AvgIpc) is 2.83. The first kappa shape index (κ1) is 16.3. The van der Waals surface area contributed by atoms with Crippen molar-refractivity contribution in [3.63, 3.8) is 0 Å². The van der Waals surface area contributed by atoms with Crippen LogP contribution >= 0.6 is 0 Å². The van der Waals surface area contributed by atoms with Crippen molar-refractivity contribution in [1.82, 2.24) is 20.2 Å². The molecule has 0 unspecified atom stereocenters. The summed E-state index contributed by atoms with van der Waals surface area (Å²) in [5.74, 6) is 1.95. The molecule has 120 valence electrons. The lowest BCUT2D eigenvalue weighted by atomic mass is 10.3. The SMILES string of the molecule is CCCCN=C(NCC)NCCn1c(C)nc2ccccc21. The van der Waals surface area contributed by atoms with Gasteiger partial charge in [0, 0.05) is 26.2 Å². The van der Waals surface area contributed by atoms with E-state index in [9.17, 15) is 0 Å². The van der Waals surface area contributed by atoms with E-state index in [4.69, 9.17) is 0 Å². The minimum absolute atomic E-state index is 0.832. The summed E-state index contributed by atoms with van der Waals surface area (Å²) in [7, 11) is 0. The van der Waals surface area contributed by atoms with Crippen molar-refractivity contribution in [1.29, 1.82) is 0 Å². The van der Waals surface area contributed by atoms with E-state index < -0.39 is 0 Å². The van der Waals surface area contributed by atoms with E-state index >= 15 is 0 Å². The number of nitrogens with zero attached hydrogens (tertiary/aromatic N) is 3. The fourth-order valence-corrected chi connectivity index (χ4v) is 2.46. The topological polar surface area (TPSA) is 54.2 Å². The first-order valence-electron chi connectivity index (χ1n) is 8.20. The third-order valence-electron chi connectivity index (χ3n) is 3.60. The van der Waals surface area contributed by atoms with Crippen molar-refractivity contribution in [2.45, 2.75) is 40.2 Å². The maximum absolute atomic E-state index is 4.60. The third kappa shape index (κ3) is 4.23. The average molecular weight is 301 g/mol. The predicted octanol–water partition coefficient (Wildman–Crippen LogP) is 2.70. The molecule has 0 saturated heterocycles. The van der Waals surface area contributed by atoms with Gasteiger partial charge in [0.2, 0.25) is 0 Å². The van der Waals surface area contributed by atoms with Crippen LogP contribution in [0.2, 0.25) is 0 Å². The molecule has 0 aliphatic heterocycles. The van der Waals surface area contributed by atoms with Gasteiger partial charge in [0.25, 0.3) is 0 Å². The van der Waals surface area contributed by atoms with Crippen LogP contribution in [0.1, 0.15) is 32.5 Å². The molecule has 0 radical (unpaired) electrons. The molecule has 0 atom stereocenters. The molecule has 0 saturated carbocycles.